The molecular weight excluding hydrogens is 326 g/mol. The van der Waals surface area contributed by atoms with Crippen LogP contribution in [0.3, 0.4) is 0 Å². The van der Waals surface area contributed by atoms with Crippen molar-refractivity contribution < 1.29 is 4.79 Å². The zero-order valence-corrected chi connectivity index (χ0v) is 15.5. The van der Waals surface area contributed by atoms with Crippen LogP contribution in [0, 0.1) is 0 Å². The lowest BCUT2D eigenvalue weighted by Gasteiger charge is -2.26. The summed E-state index contributed by atoms with van der Waals surface area (Å²) in [7, 11) is 1.77. The third-order valence-corrected chi connectivity index (χ3v) is 4.70. The van der Waals surface area contributed by atoms with E-state index >= 15 is 0 Å². The molecule has 26 heavy (non-hydrogen) atoms. The van der Waals surface area contributed by atoms with E-state index in [1.54, 1.807) is 30.1 Å². The van der Waals surface area contributed by atoms with E-state index in [1.165, 1.54) is 4.68 Å². The van der Waals surface area contributed by atoms with Crippen LogP contribution in [0.2, 0.25) is 0 Å². The maximum atomic E-state index is 13.2. The van der Waals surface area contributed by atoms with Gasteiger partial charge in [-0.15, -0.1) is 0 Å². The summed E-state index contributed by atoms with van der Waals surface area (Å²) in [4.78, 5) is 27.5. The van der Waals surface area contributed by atoms with E-state index in [-0.39, 0.29) is 23.6 Å². The maximum Gasteiger partial charge on any atom is 0.275 e. The fourth-order valence-corrected chi connectivity index (χ4v) is 3.01. The van der Waals surface area contributed by atoms with Gasteiger partial charge in [-0.25, -0.2) is 4.68 Å². The van der Waals surface area contributed by atoms with E-state index in [9.17, 15) is 9.59 Å². The number of rotatable bonds is 4. The summed E-state index contributed by atoms with van der Waals surface area (Å²) < 4.78 is 1.39. The molecule has 1 atom stereocenters. The molecule has 0 spiro atoms. The monoisotopic (exact) mass is 349 g/mol. The summed E-state index contributed by atoms with van der Waals surface area (Å²) in [5.41, 5.74) is 1.18. The normalized spacial score (nSPS) is 12.3. The molecule has 0 bridgehead atoms. The molecule has 0 aliphatic rings. The second kappa shape index (κ2) is 7.12. The van der Waals surface area contributed by atoms with Crippen molar-refractivity contribution in [3.8, 4) is 0 Å². The van der Waals surface area contributed by atoms with Gasteiger partial charge < -0.3 is 4.90 Å². The Kier molecular flexibility index (Phi) is 4.89. The minimum absolute atomic E-state index is 0.108. The van der Waals surface area contributed by atoms with E-state index in [2.05, 4.69) is 5.10 Å². The van der Waals surface area contributed by atoms with Gasteiger partial charge in [0.05, 0.1) is 17.5 Å². The minimum atomic E-state index is -0.202. The van der Waals surface area contributed by atoms with Crippen LogP contribution in [-0.4, -0.2) is 27.6 Å². The van der Waals surface area contributed by atoms with Crippen LogP contribution >= 0.6 is 0 Å². The number of amides is 1. The van der Waals surface area contributed by atoms with Crippen molar-refractivity contribution in [1.82, 2.24) is 14.7 Å². The van der Waals surface area contributed by atoms with Crippen molar-refractivity contribution in [1.29, 1.82) is 0 Å². The van der Waals surface area contributed by atoms with E-state index in [4.69, 9.17) is 0 Å². The lowest BCUT2D eigenvalue weighted by molar-refractivity contribution is 0.0736. The fraction of sp³-hybridized carbons (Fsp3) is 0.286. The molecule has 0 aliphatic heterocycles. The number of hydrogen-bond acceptors (Lipinski definition) is 3. The van der Waals surface area contributed by atoms with Gasteiger partial charge >= 0.3 is 0 Å². The largest absolute Gasteiger partial charge is 0.334 e. The number of fused-ring (bicyclic) bond motifs is 1. The van der Waals surface area contributed by atoms with E-state index in [0.29, 0.717) is 16.5 Å². The van der Waals surface area contributed by atoms with Crippen LogP contribution in [0.5, 0.6) is 0 Å². The molecule has 3 rings (SSSR count). The number of hydrogen-bond donors (Lipinski definition) is 0. The molecule has 0 fully saturated rings. The summed E-state index contributed by atoms with van der Waals surface area (Å²) in [5, 5.41) is 5.51. The summed E-state index contributed by atoms with van der Waals surface area (Å²) in [6.07, 6.45) is 0. The van der Waals surface area contributed by atoms with Gasteiger partial charge in [-0.1, -0.05) is 48.5 Å². The molecule has 0 saturated carbocycles. The highest BCUT2D eigenvalue weighted by atomic mass is 16.2. The highest BCUT2D eigenvalue weighted by Gasteiger charge is 2.24. The zero-order valence-electron chi connectivity index (χ0n) is 15.5. The summed E-state index contributed by atoms with van der Waals surface area (Å²) in [6, 6.07) is 16.8. The highest BCUT2D eigenvalue weighted by molar-refractivity contribution is 6.04. The standard InChI is InChI=1S/C21H23N3O2/c1-14(2)24-20(25)18-13-9-8-12-17(18)19(22-24)21(26)23(4)15(3)16-10-6-5-7-11-16/h5-15H,1-4H3/t15-/m0/s1. The van der Waals surface area contributed by atoms with Crippen LogP contribution in [0.1, 0.15) is 48.9 Å². The average Bonchev–Trinajstić information content (AvgIpc) is 2.67. The SMILES string of the molecule is CC(C)n1nc(C(=O)N(C)[C@@H](C)c2ccccc2)c2ccccc2c1=O. The van der Waals surface area contributed by atoms with Gasteiger partial charge in [0.1, 0.15) is 0 Å². The van der Waals surface area contributed by atoms with Crippen molar-refractivity contribution in [3.05, 3.63) is 76.2 Å². The van der Waals surface area contributed by atoms with Crippen molar-refractivity contribution >= 4 is 16.7 Å². The smallest absolute Gasteiger partial charge is 0.275 e. The van der Waals surface area contributed by atoms with Crippen molar-refractivity contribution in [2.45, 2.75) is 32.9 Å². The molecule has 1 aromatic heterocycles. The summed E-state index contributed by atoms with van der Waals surface area (Å²) >= 11 is 0. The number of carbonyl (C=O) groups is 1. The molecule has 5 nitrogen and oxygen atoms in total. The molecule has 3 aromatic rings. The Labute approximate surface area is 152 Å². The quantitative estimate of drug-likeness (QED) is 0.720. The van der Waals surface area contributed by atoms with Crippen LogP contribution in [0.25, 0.3) is 10.8 Å². The molecule has 0 aliphatic carbocycles. The van der Waals surface area contributed by atoms with E-state index in [0.717, 1.165) is 5.56 Å². The number of nitrogens with zero attached hydrogens (tertiary/aromatic N) is 3. The van der Waals surface area contributed by atoms with Gasteiger partial charge in [-0.05, 0) is 32.4 Å². The first-order chi connectivity index (χ1) is 12.4. The van der Waals surface area contributed by atoms with Gasteiger partial charge in [0.2, 0.25) is 0 Å². The highest BCUT2D eigenvalue weighted by Crippen LogP contribution is 2.22. The lowest BCUT2D eigenvalue weighted by Crippen LogP contribution is -2.34. The lowest BCUT2D eigenvalue weighted by atomic mass is 10.1. The molecule has 134 valence electrons. The fourth-order valence-electron chi connectivity index (χ4n) is 3.01. The molecule has 0 saturated heterocycles. The number of carbonyl (C=O) groups excluding carboxylic acids is 1. The van der Waals surface area contributed by atoms with Gasteiger partial charge in [0.15, 0.2) is 5.69 Å². The number of benzene rings is 2. The van der Waals surface area contributed by atoms with Crippen LogP contribution in [0.15, 0.2) is 59.4 Å². The summed E-state index contributed by atoms with van der Waals surface area (Å²) in [6.45, 7) is 5.75. The Morgan fingerprint density at radius 2 is 1.54 bits per heavy atom. The van der Waals surface area contributed by atoms with Crippen LogP contribution in [0.4, 0.5) is 0 Å². The molecule has 0 N–H and O–H groups in total. The third kappa shape index (κ3) is 3.12. The first-order valence-electron chi connectivity index (χ1n) is 8.75. The Hall–Kier alpha value is -2.95. The van der Waals surface area contributed by atoms with Crippen molar-refractivity contribution in [2.24, 2.45) is 0 Å². The second-order valence-electron chi connectivity index (χ2n) is 6.74. The third-order valence-electron chi connectivity index (χ3n) is 4.70. The maximum absolute atomic E-state index is 13.2. The van der Waals surface area contributed by atoms with E-state index in [1.807, 2.05) is 57.2 Å². The molecule has 0 unspecified atom stereocenters. The topological polar surface area (TPSA) is 55.2 Å². The predicted molar refractivity (Wildman–Crippen MR) is 103 cm³/mol. The van der Waals surface area contributed by atoms with E-state index < -0.39 is 0 Å². The van der Waals surface area contributed by atoms with Gasteiger partial charge in [0, 0.05) is 12.4 Å². The van der Waals surface area contributed by atoms with Crippen LogP contribution < -0.4 is 5.56 Å². The number of aromatic nitrogens is 2. The molecule has 2 aromatic carbocycles. The molecule has 5 heteroatoms. The first kappa shape index (κ1) is 17.9. The minimum Gasteiger partial charge on any atom is -0.334 e. The zero-order chi connectivity index (χ0) is 18.8. The van der Waals surface area contributed by atoms with Gasteiger partial charge in [-0.3, -0.25) is 9.59 Å². The first-order valence-corrected chi connectivity index (χ1v) is 8.75. The summed E-state index contributed by atoms with van der Waals surface area (Å²) in [5.74, 6) is -0.202. The van der Waals surface area contributed by atoms with Crippen LogP contribution in [-0.2, 0) is 0 Å². The van der Waals surface area contributed by atoms with Crippen molar-refractivity contribution in [2.75, 3.05) is 7.05 Å². The molecule has 1 heterocycles. The molecular formula is C21H23N3O2. The van der Waals surface area contributed by atoms with Gasteiger partial charge in [-0.2, -0.15) is 5.10 Å². The Morgan fingerprint density at radius 1 is 0.962 bits per heavy atom. The average molecular weight is 349 g/mol. The second-order valence-corrected chi connectivity index (χ2v) is 6.74. The molecule has 0 radical (unpaired) electrons. The Morgan fingerprint density at radius 3 is 2.15 bits per heavy atom. The predicted octanol–water partition coefficient (Wildman–Crippen LogP) is 3.81. The molecule has 1 amide bonds. The Bertz CT molecular complexity index is 993. The van der Waals surface area contributed by atoms with Gasteiger partial charge in [0.25, 0.3) is 11.5 Å². The Balaban J connectivity index is 2.11. The van der Waals surface area contributed by atoms with Crippen molar-refractivity contribution in [3.63, 3.8) is 0 Å².